The molecule has 0 bridgehead atoms. The van der Waals surface area contributed by atoms with E-state index in [1.165, 1.54) is 20.1 Å². The van der Waals surface area contributed by atoms with Crippen molar-refractivity contribution in [3.8, 4) is 5.75 Å². The summed E-state index contributed by atoms with van der Waals surface area (Å²) in [5, 5.41) is 22.2. The predicted octanol–water partition coefficient (Wildman–Crippen LogP) is 1.50. The number of hydrogen-bond donors (Lipinski definition) is 2. The summed E-state index contributed by atoms with van der Waals surface area (Å²) in [6.45, 7) is 3.11. The fraction of sp³-hybridized carbons (Fsp3) is 0.385. The highest BCUT2D eigenvalue weighted by Crippen LogP contribution is 2.29. The van der Waals surface area contributed by atoms with Gasteiger partial charge >= 0.3 is 5.97 Å². The Kier molecular flexibility index (Phi) is 5.23. The van der Waals surface area contributed by atoms with E-state index in [0.29, 0.717) is 5.56 Å². The molecule has 2 N–H and O–H groups in total. The first-order chi connectivity index (χ1) is 9.81. The Hall–Kier alpha value is -2.64. The van der Waals surface area contributed by atoms with Crippen molar-refractivity contribution in [1.82, 2.24) is 5.32 Å². The molecule has 21 heavy (non-hydrogen) atoms. The molecule has 0 aliphatic rings. The van der Waals surface area contributed by atoms with E-state index in [4.69, 9.17) is 9.84 Å². The normalized spacial score (nSPS) is 11.6. The van der Waals surface area contributed by atoms with E-state index in [1.54, 1.807) is 6.92 Å². The maximum absolute atomic E-state index is 12.0. The highest BCUT2D eigenvalue weighted by Gasteiger charge is 2.23. The quantitative estimate of drug-likeness (QED) is 0.606. The summed E-state index contributed by atoms with van der Waals surface area (Å²) >= 11 is 0. The van der Waals surface area contributed by atoms with Crippen molar-refractivity contribution in [2.45, 2.75) is 26.3 Å². The van der Waals surface area contributed by atoms with E-state index in [-0.39, 0.29) is 23.4 Å². The number of methoxy groups -OCH3 is 1. The molecular weight excluding hydrogens is 280 g/mol. The number of ether oxygens (including phenoxy) is 1. The van der Waals surface area contributed by atoms with Crippen molar-refractivity contribution >= 4 is 17.6 Å². The van der Waals surface area contributed by atoms with Gasteiger partial charge in [0.1, 0.15) is 11.8 Å². The lowest BCUT2D eigenvalue weighted by Crippen LogP contribution is -2.40. The second-order valence-electron chi connectivity index (χ2n) is 4.35. The van der Waals surface area contributed by atoms with E-state index >= 15 is 0 Å². The first-order valence-corrected chi connectivity index (χ1v) is 6.18. The molecule has 1 unspecified atom stereocenters. The molecule has 8 heteroatoms. The number of nitrogens with one attached hydrogen (secondary N) is 1. The molecule has 0 fully saturated rings. The van der Waals surface area contributed by atoms with E-state index in [0.717, 1.165) is 6.07 Å². The number of nitro benzene ring substituents is 1. The molecule has 1 rings (SSSR count). The van der Waals surface area contributed by atoms with Crippen molar-refractivity contribution in [3.63, 3.8) is 0 Å². The first kappa shape index (κ1) is 16.4. The Labute approximate surface area is 120 Å². The Morgan fingerprint density at radius 3 is 2.52 bits per heavy atom. The summed E-state index contributed by atoms with van der Waals surface area (Å²) < 4.78 is 5.00. The minimum atomic E-state index is -1.17. The second kappa shape index (κ2) is 6.69. The van der Waals surface area contributed by atoms with Crippen molar-refractivity contribution in [3.05, 3.63) is 33.4 Å². The first-order valence-electron chi connectivity index (χ1n) is 6.18. The molecule has 0 spiro atoms. The third-order valence-corrected chi connectivity index (χ3v) is 3.02. The van der Waals surface area contributed by atoms with Crippen LogP contribution in [0.15, 0.2) is 12.1 Å². The number of carboxylic acid groups (broad SMARTS) is 1. The summed E-state index contributed by atoms with van der Waals surface area (Å²) in [5.74, 6) is -1.68. The number of benzene rings is 1. The lowest BCUT2D eigenvalue weighted by Gasteiger charge is -2.13. The summed E-state index contributed by atoms with van der Waals surface area (Å²) in [6.07, 6.45) is 0.201. The van der Waals surface area contributed by atoms with Gasteiger partial charge in [-0.25, -0.2) is 4.79 Å². The van der Waals surface area contributed by atoms with Crippen LogP contribution >= 0.6 is 0 Å². The monoisotopic (exact) mass is 296 g/mol. The Morgan fingerprint density at radius 2 is 2.10 bits per heavy atom. The number of rotatable bonds is 6. The number of carboxylic acids is 1. The Bertz CT molecular complexity index is 584. The van der Waals surface area contributed by atoms with Gasteiger partial charge in [-0.1, -0.05) is 6.92 Å². The van der Waals surface area contributed by atoms with Crippen LogP contribution in [-0.2, 0) is 4.79 Å². The SMILES string of the molecule is CCC(NC(=O)c1cc(OC)c(C)c([N+](=O)[O-])c1)C(=O)O. The van der Waals surface area contributed by atoms with Crippen molar-refractivity contribution in [2.24, 2.45) is 0 Å². The van der Waals surface area contributed by atoms with Crippen LogP contribution in [0.4, 0.5) is 5.69 Å². The summed E-state index contributed by atoms with van der Waals surface area (Å²) in [4.78, 5) is 33.3. The number of aliphatic carboxylic acids is 1. The zero-order valence-electron chi connectivity index (χ0n) is 11.9. The van der Waals surface area contributed by atoms with Gasteiger partial charge < -0.3 is 15.2 Å². The second-order valence-corrected chi connectivity index (χ2v) is 4.35. The minimum absolute atomic E-state index is 0.0242. The van der Waals surface area contributed by atoms with Crippen molar-refractivity contribution < 1.29 is 24.4 Å². The zero-order chi connectivity index (χ0) is 16.2. The molecule has 1 aromatic carbocycles. The maximum Gasteiger partial charge on any atom is 0.326 e. The van der Waals surface area contributed by atoms with Crippen molar-refractivity contribution in [2.75, 3.05) is 7.11 Å². The number of nitro groups is 1. The molecule has 0 aliphatic heterocycles. The van der Waals surface area contributed by atoms with Gasteiger partial charge in [0.15, 0.2) is 0 Å². The fourth-order valence-corrected chi connectivity index (χ4v) is 1.79. The van der Waals surface area contributed by atoms with Gasteiger partial charge in [-0.15, -0.1) is 0 Å². The van der Waals surface area contributed by atoms with Crippen LogP contribution in [0.3, 0.4) is 0 Å². The van der Waals surface area contributed by atoms with E-state index in [1.807, 2.05) is 0 Å². The summed E-state index contributed by atoms with van der Waals surface area (Å²) in [6, 6.07) is 1.39. The number of carbonyl (C=O) groups is 2. The largest absolute Gasteiger partial charge is 0.496 e. The number of carbonyl (C=O) groups excluding carboxylic acids is 1. The van der Waals surface area contributed by atoms with E-state index < -0.39 is 22.8 Å². The minimum Gasteiger partial charge on any atom is -0.496 e. The highest BCUT2D eigenvalue weighted by atomic mass is 16.6. The summed E-state index contributed by atoms with van der Waals surface area (Å²) in [5.41, 5.74) is 0.0102. The molecule has 0 aliphatic carbocycles. The smallest absolute Gasteiger partial charge is 0.326 e. The molecule has 0 radical (unpaired) electrons. The molecule has 1 amide bonds. The predicted molar refractivity (Wildman–Crippen MR) is 73.6 cm³/mol. The Balaban J connectivity index is 3.18. The van der Waals surface area contributed by atoms with E-state index in [9.17, 15) is 19.7 Å². The molecule has 8 nitrogen and oxygen atoms in total. The molecule has 0 saturated carbocycles. The Morgan fingerprint density at radius 1 is 1.48 bits per heavy atom. The molecule has 114 valence electrons. The lowest BCUT2D eigenvalue weighted by molar-refractivity contribution is -0.385. The van der Waals surface area contributed by atoms with Crippen LogP contribution in [0.2, 0.25) is 0 Å². The highest BCUT2D eigenvalue weighted by molar-refractivity contribution is 5.97. The molecule has 1 aromatic rings. The van der Waals surface area contributed by atoms with Gasteiger partial charge in [-0.3, -0.25) is 14.9 Å². The number of hydrogen-bond acceptors (Lipinski definition) is 5. The van der Waals surface area contributed by atoms with Crippen molar-refractivity contribution in [1.29, 1.82) is 0 Å². The third kappa shape index (κ3) is 3.68. The molecule has 1 atom stereocenters. The fourth-order valence-electron chi connectivity index (χ4n) is 1.79. The number of amides is 1. The van der Waals surface area contributed by atoms with E-state index in [2.05, 4.69) is 5.32 Å². The summed E-state index contributed by atoms with van der Waals surface area (Å²) in [7, 11) is 1.33. The molecular formula is C13H16N2O6. The average molecular weight is 296 g/mol. The van der Waals surface area contributed by atoms with Crippen LogP contribution in [-0.4, -0.2) is 35.1 Å². The average Bonchev–Trinajstić information content (AvgIpc) is 2.43. The maximum atomic E-state index is 12.0. The molecule has 0 saturated heterocycles. The van der Waals surface area contributed by atoms with Gasteiger partial charge in [-0.05, 0) is 19.4 Å². The lowest BCUT2D eigenvalue weighted by atomic mass is 10.1. The third-order valence-electron chi connectivity index (χ3n) is 3.02. The van der Waals surface area contributed by atoms with Crippen LogP contribution < -0.4 is 10.1 Å². The van der Waals surface area contributed by atoms with Gasteiger partial charge in [0.25, 0.3) is 11.6 Å². The van der Waals surface area contributed by atoms with Gasteiger partial charge in [0, 0.05) is 11.6 Å². The zero-order valence-corrected chi connectivity index (χ0v) is 11.9. The van der Waals surface area contributed by atoms with Crippen LogP contribution in [0.5, 0.6) is 5.75 Å². The molecule has 0 aromatic heterocycles. The molecule has 0 heterocycles. The standard InChI is InChI=1S/C13H16N2O6/c1-4-9(13(17)18)14-12(16)8-5-10(15(19)20)7(2)11(6-8)21-3/h5-6,9H,4H2,1-3H3,(H,14,16)(H,17,18). The van der Waals surface area contributed by atoms with Crippen LogP contribution in [0.25, 0.3) is 0 Å². The van der Waals surface area contributed by atoms with Gasteiger partial charge in [0.05, 0.1) is 17.6 Å². The number of nitrogens with zero attached hydrogens (tertiary/aromatic N) is 1. The van der Waals surface area contributed by atoms with Gasteiger partial charge in [-0.2, -0.15) is 0 Å². The van der Waals surface area contributed by atoms with Crippen LogP contribution in [0, 0.1) is 17.0 Å². The topological polar surface area (TPSA) is 119 Å². The van der Waals surface area contributed by atoms with Gasteiger partial charge in [0.2, 0.25) is 0 Å². The van der Waals surface area contributed by atoms with Crippen LogP contribution in [0.1, 0.15) is 29.3 Å².